The lowest BCUT2D eigenvalue weighted by Gasteiger charge is -2.35. The number of hydrogen-bond acceptors (Lipinski definition) is 6. The lowest BCUT2D eigenvalue weighted by atomic mass is 9.72. The number of carbonyl (C=O) groups is 2. The van der Waals surface area contributed by atoms with Gasteiger partial charge in [-0.2, -0.15) is 0 Å². The third-order valence-corrected chi connectivity index (χ3v) is 5.93. The summed E-state index contributed by atoms with van der Waals surface area (Å²) in [5, 5.41) is 0. The summed E-state index contributed by atoms with van der Waals surface area (Å²) in [5.74, 6) is -0.154. The highest BCUT2D eigenvalue weighted by molar-refractivity contribution is 5.74. The van der Waals surface area contributed by atoms with Crippen molar-refractivity contribution in [1.82, 2.24) is 0 Å². The fourth-order valence-corrected chi connectivity index (χ4v) is 3.77. The van der Waals surface area contributed by atoms with E-state index in [0.717, 1.165) is 51.4 Å². The van der Waals surface area contributed by atoms with Crippen molar-refractivity contribution >= 4 is 11.9 Å². The van der Waals surface area contributed by atoms with Crippen molar-refractivity contribution < 1.29 is 19.1 Å². The summed E-state index contributed by atoms with van der Waals surface area (Å²) in [5.41, 5.74) is 11.6. The van der Waals surface area contributed by atoms with Crippen LogP contribution in [0.25, 0.3) is 0 Å². The number of hydrogen-bond donors (Lipinski definition) is 2. The van der Waals surface area contributed by atoms with Crippen molar-refractivity contribution in [3.05, 3.63) is 0 Å². The van der Waals surface area contributed by atoms with E-state index < -0.39 is 0 Å². The van der Waals surface area contributed by atoms with E-state index in [-0.39, 0.29) is 36.0 Å². The zero-order chi connectivity index (χ0) is 17.6. The molecule has 6 heteroatoms. The van der Waals surface area contributed by atoms with Crippen molar-refractivity contribution in [3.8, 4) is 0 Å². The Morgan fingerprint density at radius 1 is 0.917 bits per heavy atom. The summed E-state index contributed by atoms with van der Waals surface area (Å²) in [6.07, 6.45) is 7.04. The topological polar surface area (TPSA) is 105 Å². The van der Waals surface area contributed by atoms with Crippen LogP contribution in [0.1, 0.15) is 58.3 Å². The predicted octanol–water partition coefficient (Wildman–Crippen LogP) is 1.95. The van der Waals surface area contributed by atoms with Crippen LogP contribution < -0.4 is 11.5 Å². The molecule has 0 spiro atoms. The fraction of sp³-hybridized carbons (Fsp3) is 0.889. The first-order valence-corrected chi connectivity index (χ1v) is 9.21. The van der Waals surface area contributed by atoms with Gasteiger partial charge in [-0.15, -0.1) is 0 Å². The molecule has 0 amide bonds. The van der Waals surface area contributed by atoms with E-state index in [4.69, 9.17) is 20.9 Å². The minimum absolute atomic E-state index is 0.0774. The maximum atomic E-state index is 12.1. The second-order valence-electron chi connectivity index (χ2n) is 7.79. The Morgan fingerprint density at radius 2 is 1.42 bits per heavy atom. The molecule has 138 valence electrons. The Morgan fingerprint density at radius 3 is 1.88 bits per heavy atom. The quantitative estimate of drug-likeness (QED) is 0.565. The van der Waals surface area contributed by atoms with Gasteiger partial charge in [0.1, 0.15) is 0 Å². The predicted molar refractivity (Wildman–Crippen MR) is 90.7 cm³/mol. The van der Waals surface area contributed by atoms with Crippen molar-refractivity contribution in [2.75, 3.05) is 19.9 Å². The first-order chi connectivity index (χ1) is 11.5. The summed E-state index contributed by atoms with van der Waals surface area (Å²) >= 11 is 0. The minimum atomic E-state index is -0.265. The van der Waals surface area contributed by atoms with Crippen LogP contribution in [0.4, 0.5) is 0 Å². The summed E-state index contributed by atoms with van der Waals surface area (Å²) in [4.78, 5) is 24.1. The summed E-state index contributed by atoms with van der Waals surface area (Å²) in [6, 6.07) is 0. The molecule has 0 aliphatic heterocycles. The molecule has 2 rings (SSSR count). The van der Waals surface area contributed by atoms with Gasteiger partial charge in [0.25, 0.3) is 0 Å². The van der Waals surface area contributed by atoms with Crippen LogP contribution in [-0.4, -0.2) is 31.8 Å². The molecule has 2 saturated carbocycles. The normalized spacial score (nSPS) is 33.7. The monoisotopic (exact) mass is 340 g/mol. The van der Waals surface area contributed by atoms with Gasteiger partial charge in [0.05, 0.1) is 11.8 Å². The van der Waals surface area contributed by atoms with Crippen molar-refractivity contribution in [2.45, 2.75) is 58.3 Å². The SMILES string of the molecule is CC1(CN)CCC(C(=O)OCOC(=O)C2CCC(CN)CC2)CC1. The molecule has 6 nitrogen and oxygen atoms in total. The fourth-order valence-electron chi connectivity index (χ4n) is 3.77. The van der Waals surface area contributed by atoms with Gasteiger partial charge < -0.3 is 20.9 Å². The van der Waals surface area contributed by atoms with E-state index in [1.165, 1.54) is 0 Å². The smallest absolute Gasteiger partial charge is 0.311 e. The minimum Gasteiger partial charge on any atom is -0.428 e. The number of esters is 2. The molecule has 0 aromatic rings. The van der Waals surface area contributed by atoms with Crippen LogP contribution in [0.15, 0.2) is 0 Å². The van der Waals surface area contributed by atoms with Gasteiger partial charge in [-0.3, -0.25) is 9.59 Å². The molecule has 0 aromatic carbocycles. The molecule has 4 N–H and O–H groups in total. The summed E-state index contributed by atoms with van der Waals surface area (Å²) in [6.45, 7) is 3.23. The maximum Gasteiger partial charge on any atom is 0.311 e. The third-order valence-electron chi connectivity index (χ3n) is 5.93. The Balaban J connectivity index is 1.63. The van der Waals surface area contributed by atoms with E-state index in [0.29, 0.717) is 19.0 Å². The van der Waals surface area contributed by atoms with Crippen LogP contribution in [0, 0.1) is 23.2 Å². The number of carbonyl (C=O) groups excluding carboxylic acids is 2. The zero-order valence-electron chi connectivity index (χ0n) is 14.8. The molecular weight excluding hydrogens is 308 g/mol. The average Bonchev–Trinajstić information content (AvgIpc) is 2.62. The number of rotatable bonds is 6. The van der Waals surface area contributed by atoms with Crippen LogP contribution in [0.5, 0.6) is 0 Å². The van der Waals surface area contributed by atoms with Crippen LogP contribution >= 0.6 is 0 Å². The van der Waals surface area contributed by atoms with Crippen molar-refractivity contribution in [2.24, 2.45) is 34.6 Å². The van der Waals surface area contributed by atoms with Crippen LogP contribution in [0.2, 0.25) is 0 Å². The third kappa shape index (κ3) is 5.18. The first-order valence-electron chi connectivity index (χ1n) is 9.21. The van der Waals surface area contributed by atoms with E-state index in [2.05, 4.69) is 6.92 Å². The average molecular weight is 340 g/mol. The van der Waals surface area contributed by atoms with E-state index in [1.54, 1.807) is 0 Å². The molecule has 0 radical (unpaired) electrons. The maximum absolute atomic E-state index is 12.1. The molecule has 0 heterocycles. The highest BCUT2D eigenvalue weighted by Crippen LogP contribution is 2.38. The zero-order valence-corrected chi connectivity index (χ0v) is 14.8. The molecule has 0 unspecified atom stereocenters. The van der Waals surface area contributed by atoms with Gasteiger partial charge in [-0.25, -0.2) is 0 Å². The molecule has 0 atom stereocenters. The Hall–Kier alpha value is -1.14. The highest BCUT2D eigenvalue weighted by atomic mass is 16.7. The molecule has 2 aliphatic carbocycles. The van der Waals surface area contributed by atoms with Crippen molar-refractivity contribution in [3.63, 3.8) is 0 Å². The molecule has 0 bridgehead atoms. The highest BCUT2D eigenvalue weighted by Gasteiger charge is 2.34. The Bertz CT molecular complexity index is 425. The van der Waals surface area contributed by atoms with Gasteiger partial charge in [-0.05, 0) is 75.8 Å². The molecule has 2 aliphatic rings. The van der Waals surface area contributed by atoms with Gasteiger partial charge in [-0.1, -0.05) is 6.92 Å². The van der Waals surface area contributed by atoms with E-state index >= 15 is 0 Å². The van der Waals surface area contributed by atoms with Crippen LogP contribution in [-0.2, 0) is 19.1 Å². The first kappa shape index (κ1) is 19.2. The molecule has 0 saturated heterocycles. The largest absolute Gasteiger partial charge is 0.428 e. The summed E-state index contributed by atoms with van der Waals surface area (Å²) < 4.78 is 10.3. The molecule has 0 aromatic heterocycles. The van der Waals surface area contributed by atoms with Crippen LogP contribution in [0.3, 0.4) is 0 Å². The second-order valence-corrected chi connectivity index (χ2v) is 7.79. The lowest BCUT2D eigenvalue weighted by molar-refractivity contribution is -0.174. The van der Waals surface area contributed by atoms with E-state index in [9.17, 15) is 9.59 Å². The van der Waals surface area contributed by atoms with Gasteiger partial charge in [0.2, 0.25) is 6.79 Å². The molecular formula is C18H32N2O4. The van der Waals surface area contributed by atoms with Gasteiger partial charge >= 0.3 is 11.9 Å². The second kappa shape index (κ2) is 8.81. The molecule has 24 heavy (non-hydrogen) atoms. The Kier molecular flexibility index (Phi) is 7.04. The summed E-state index contributed by atoms with van der Waals surface area (Å²) in [7, 11) is 0. The number of nitrogens with two attached hydrogens (primary N) is 2. The lowest BCUT2D eigenvalue weighted by Crippen LogP contribution is -2.35. The van der Waals surface area contributed by atoms with Crippen molar-refractivity contribution in [1.29, 1.82) is 0 Å². The van der Waals surface area contributed by atoms with E-state index in [1.807, 2.05) is 0 Å². The van der Waals surface area contributed by atoms with Gasteiger partial charge in [0.15, 0.2) is 0 Å². The standard InChI is InChI=1S/C18H32N2O4/c1-18(11-20)8-6-15(7-9-18)17(22)24-12-23-16(21)14-4-2-13(10-19)3-5-14/h13-15H,2-12,19-20H2,1H3. The number of ether oxygens (including phenoxy) is 2. The van der Waals surface area contributed by atoms with Gasteiger partial charge in [0, 0.05) is 0 Å². The molecule has 2 fully saturated rings. The Labute approximate surface area is 144 Å².